The minimum Gasteiger partial charge on any atom is -0.340 e. The second kappa shape index (κ2) is 8.12. The quantitative estimate of drug-likeness (QED) is 0.663. The summed E-state index contributed by atoms with van der Waals surface area (Å²) in [5.41, 5.74) is 0. The van der Waals surface area contributed by atoms with E-state index >= 15 is 0 Å². The van der Waals surface area contributed by atoms with Crippen molar-refractivity contribution >= 4 is 41.9 Å². The molecule has 1 aromatic carbocycles. The van der Waals surface area contributed by atoms with E-state index in [9.17, 15) is 21.6 Å². The fourth-order valence-corrected chi connectivity index (χ4v) is 4.54. The van der Waals surface area contributed by atoms with E-state index in [1.165, 1.54) is 16.4 Å². The summed E-state index contributed by atoms with van der Waals surface area (Å²) in [6.45, 7) is 1.13. The maximum absolute atomic E-state index is 12.1. The monoisotopic (exact) mass is 453 g/mol. The Morgan fingerprint density at radius 2 is 1.64 bits per heavy atom. The third-order valence-electron chi connectivity index (χ3n) is 3.82. The van der Waals surface area contributed by atoms with Crippen molar-refractivity contribution in [2.24, 2.45) is 0 Å². The van der Waals surface area contributed by atoms with Crippen molar-refractivity contribution < 1.29 is 21.6 Å². The van der Waals surface area contributed by atoms with Crippen LogP contribution < -0.4 is 4.72 Å². The summed E-state index contributed by atoms with van der Waals surface area (Å²) >= 11 is 3.24. The van der Waals surface area contributed by atoms with E-state index < -0.39 is 20.0 Å². The van der Waals surface area contributed by atoms with Crippen LogP contribution in [0.5, 0.6) is 0 Å². The van der Waals surface area contributed by atoms with E-state index in [1.54, 1.807) is 17.0 Å². The van der Waals surface area contributed by atoms with Gasteiger partial charge in [-0.3, -0.25) is 4.79 Å². The number of piperazine rings is 1. The highest BCUT2D eigenvalue weighted by atomic mass is 79.9. The first-order valence-corrected chi connectivity index (χ1v) is 11.7. The zero-order chi connectivity index (χ0) is 18.7. The summed E-state index contributed by atoms with van der Waals surface area (Å²) in [6.07, 6.45) is 1.16. The predicted molar refractivity (Wildman–Crippen MR) is 96.9 cm³/mol. The highest BCUT2D eigenvalue weighted by molar-refractivity contribution is 9.10. The molecule has 0 saturated carbocycles. The highest BCUT2D eigenvalue weighted by Gasteiger charge is 2.26. The Kier molecular flexibility index (Phi) is 6.60. The van der Waals surface area contributed by atoms with Crippen LogP contribution in [0.1, 0.15) is 6.42 Å². The predicted octanol–water partition coefficient (Wildman–Crippen LogP) is 0.221. The number of nitrogens with zero attached hydrogens (tertiary/aromatic N) is 2. The lowest BCUT2D eigenvalue weighted by Gasteiger charge is -2.33. The van der Waals surface area contributed by atoms with Crippen molar-refractivity contribution in [3.63, 3.8) is 0 Å². The van der Waals surface area contributed by atoms with Crippen LogP contribution in [0.4, 0.5) is 0 Å². The molecule has 11 heteroatoms. The largest absolute Gasteiger partial charge is 0.340 e. The van der Waals surface area contributed by atoms with E-state index in [1.807, 2.05) is 0 Å². The van der Waals surface area contributed by atoms with E-state index in [4.69, 9.17) is 0 Å². The van der Waals surface area contributed by atoms with Gasteiger partial charge >= 0.3 is 0 Å². The molecule has 0 spiro atoms. The van der Waals surface area contributed by atoms with E-state index in [0.29, 0.717) is 13.1 Å². The molecular formula is C14H20BrN3O5S2. The number of hydrogen-bond donors (Lipinski definition) is 1. The normalized spacial score (nSPS) is 16.8. The molecule has 0 unspecified atom stereocenters. The van der Waals surface area contributed by atoms with Gasteiger partial charge in [-0.2, -0.15) is 4.31 Å². The number of sulfonamides is 2. The third-order valence-corrected chi connectivity index (χ3v) is 7.12. The van der Waals surface area contributed by atoms with E-state index in [0.717, 1.165) is 10.7 Å². The van der Waals surface area contributed by atoms with Gasteiger partial charge in [-0.1, -0.05) is 15.9 Å². The molecule has 1 saturated heterocycles. The summed E-state index contributed by atoms with van der Waals surface area (Å²) in [5, 5.41) is 0. The fraction of sp³-hybridized carbons (Fsp3) is 0.500. The molecule has 1 amide bonds. The number of nitrogens with one attached hydrogen (secondary N) is 1. The number of carbonyl (C=O) groups is 1. The smallest absolute Gasteiger partial charge is 0.240 e. The minimum absolute atomic E-state index is 0.0104. The second-order valence-corrected chi connectivity index (χ2v) is 10.3. The van der Waals surface area contributed by atoms with Crippen molar-refractivity contribution in [2.45, 2.75) is 11.3 Å². The maximum atomic E-state index is 12.1. The summed E-state index contributed by atoms with van der Waals surface area (Å²) in [5.74, 6) is -0.202. The van der Waals surface area contributed by atoms with E-state index in [-0.39, 0.29) is 36.9 Å². The van der Waals surface area contributed by atoms with Crippen LogP contribution in [0.15, 0.2) is 33.6 Å². The van der Waals surface area contributed by atoms with Gasteiger partial charge in [0.1, 0.15) is 0 Å². The fourth-order valence-electron chi connectivity index (χ4n) is 2.42. The number of benzene rings is 1. The molecule has 1 N–H and O–H groups in total. The van der Waals surface area contributed by atoms with Gasteiger partial charge in [0, 0.05) is 43.6 Å². The lowest BCUT2D eigenvalue weighted by atomic mass is 10.3. The molecule has 0 aliphatic carbocycles. The molecule has 2 rings (SSSR count). The topological polar surface area (TPSA) is 104 Å². The Morgan fingerprint density at radius 3 is 2.16 bits per heavy atom. The molecule has 1 aromatic rings. The van der Waals surface area contributed by atoms with Gasteiger partial charge in [-0.15, -0.1) is 0 Å². The van der Waals surface area contributed by atoms with Crippen LogP contribution >= 0.6 is 15.9 Å². The lowest BCUT2D eigenvalue weighted by Crippen LogP contribution is -2.50. The zero-order valence-corrected chi connectivity index (χ0v) is 16.9. The van der Waals surface area contributed by atoms with Crippen LogP contribution in [-0.4, -0.2) is 70.9 Å². The van der Waals surface area contributed by atoms with Gasteiger partial charge in [-0.05, 0) is 24.3 Å². The van der Waals surface area contributed by atoms with Crippen LogP contribution in [0.3, 0.4) is 0 Å². The zero-order valence-electron chi connectivity index (χ0n) is 13.7. The number of rotatable bonds is 6. The first-order chi connectivity index (χ1) is 11.6. The molecule has 25 heavy (non-hydrogen) atoms. The van der Waals surface area contributed by atoms with E-state index in [2.05, 4.69) is 20.7 Å². The Labute approximate surface area is 156 Å². The molecule has 0 bridgehead atoms. The number of hydrogen-bond acceptors (Lipinski definition) is 5. The standard InChI is InChI=1S/C14H20BrN3O5S2/c1-24(20,21)18-10-8-17(9-11-18)14(19)6-7-16-25(22,23)13-4-2-12(15)3-5-13/h2-5,16H,6-11H2,1H3. The molecule has 140 valence electrons. The molecule has 0 atom stereocenters. The maximum Gasteiger partial charge on any atom is 0.240 e. The molecule has 0 aromatic heterocycles. The van der Waals surface area contributed by atoms with Gasteiger partial charge in [0.25, 0.3) is 0 Å². The molecule has 1 aliphatic heterocycles. The lowest BCUT2D eigenvalue weighted by molar-refractivity contribution is -0.132. The van der Waals surface area contributed by atoms with Crippen molar-refractivity contribution in [1.82, 2.24) is 13.9 Å². The van der Waals surface area contributed by atoms with Crippen molar-refractivity contribution in [3.05, 3.63) is 28.7 Å². The Hall–Kier alpha value is -1.01. The molecular weight excluding hydrogens is 434 g/mol. The van der Waals surface area contributed by atoms with Crippen LogP contribution in [-0.2, 0) is 24.8 Å². The third kappa shape index (κ3) is 5.74. The van der Waals surface area contributed by atoms with Crippen molar-refractivity contribution in [3.8, 4) is 0 Å². The molecule has 1 aliphatic rings. The summed E-state index contributed by atoms with van der Waals surface area (Å²) in [6, 6.07) is 6.19. The molecule has 0 radical (unpaired) electrons. The molecule has 1 fully saturated rings. The van der Waals surface area contributed by atoms with Crippen molar-refractivity contribution in [2.75, 3.05) is 39.0 Å². The van der Waals surface area contributed by atoms with Crippen LogP contribution in [0, 0.1) is 0 Å². The van der Waals surface area contributed by atoms with Gasteiger partial charge in [-0.25, -0.2) is 21.6 Å². The SMILES string of the molecule is CS(=O)(=O)N1CCN(C(=O)CCNS(=O)(=O)c2ccc(Br)cc2)CC1. The van der Waals surface area contributed by atoms with Gasteiger partial charge < -0.3 is 4.90 Å². The summed E-state index contributed by atoms with van der Waals surface area (Å²) < 4.78 is 51.6. The average Bonchev–Trinajstić information content (AvgIpc) is 2.54. The first kappa shape index (κ1) is 20.3. The number of carbonyl (C=O) groups excluding carboxylic acids is 1. The Bertz CT molecular complexity index is 817. The Balaban J connectivity index is 1.82. The highest BCUT2D eigenvalue weighted by Crippen LogP contribution is 2.14. The summed E-state index contributed by atoms with van der Waals surface area (Å²) in [4.78, 5) is 13.8. The van der Waals surface area contributed by atoms with Crippen LogP contribution in [0.2, 0.25) is 0 Å². The first-order valence-electron chi connectivity index (χ1n) is 7.58. The number of halogens is 1. The van der Waals surface area contributed by atoms with Crippen LogP contribution in [0.25, 0.3) is 0 Å². The van der Waals surface area contributed by atoms with Crippen molar-refractivity contribution in [1.29, 1.82) is 0 Å². The minimum atomic E-state index is -3.66. The average molecular weight is 454 g/mol. The molecule has 8 nitrogen and oxygen atoms in total. The summed E-state index contributed by atoms with van der Waals surface area (Å²) in [7, 11) is -6.91. The van der Waals surface area contributed by atoms with Gasteiger partial charge in [0.15, 0.2) is 0 Å². The number of amides is 1. The molecule has 1 heterocycles. The van der Waals surface area contributed by atoms with Gasteiger partial charge in [0.2, 0.25) is 26.0 Å². The second-order valence-electron chi connectivity index (χ2n) is 5.64. The Morgan fingerprint density at radius 1 is 1.08 bits per heavy atom. The van der Waals surface area contributed by atoms with Gasteiger partial charge in [0.05, 0.1) is 11.2 Å².